The Morgan fingerprint density at radius 1 is 1.06 bits per heavy atom. The molecule has 6 heteroatoms. The molecule has 0 radical (unpaired) electrons. The van der Waals surface area contributed by atoms with Gasteiger partial charge in [0.05, 0.1) is 23.0 Å². The third kappa shape index (κ3) is 5.10. The van der Waals surface area contributed by atoms with Gasteiger partial charge in [0.2, 0.25) is 0 Å². The van der Waals surface area contributed by atoms with Gasteiger partial charge in [-0.25, -0.2) is 4.68 Å². The quantitative estimate of drug-likeness (QED) is 0.416. The summed E-state index contributed by atoms with van der Waals surface area (Å²) in [6.07, 6.45) is 1.26. The van der Waals surface area contributed by atoms with Crippen molar-refractivity contribution in [3.05, 3.63) is 102 Å². The third-order valence-electron chi connectivity index (χ3n) is 5.27. The molecule has 3 aromatic carbocycles. The zero-order chi connectivity index (χ0) is 23.2. The zero-order valence-corrected chi connectivity index (χ0v) is 18.6. The second-order valence-electron chi connectivity index (χ2n) is 7.74. The van der Waals surface area contributed by atoms with Crippen molar-refractivity contribution in [1.29, 1.82) is 5.26 Å². The maximum Gasteiger partial charge on any atom is 0.263 e. The lowest BCUT2D eigenvalue weighted by Gasteiger charge is -2.22. The molecule has 1 unspecified atom stereocenters. The van der Waals surface area contributed by atoms with Gasteiger partial charge in [0.25, 0.3) is 5.91 Å². The van der Waals surface area contributed by atoms with Gasteiger partial charge in [0, 0.05) is 30.9 Å². The molecule has 4 aromatic rings. The van der Waals surface area contributed by atoms with Gasteiger partial charge in [-0.05, 0) is 37.3 Å². The van der Waals surface area contributed by atoms with Crippen LogP contribution in [-0.4, -0.2) is 33.7 Å². The van der Waals surface area contributed by atoms with Crippen LogP contribution in [0.2, 0.25) is 0 Å². The summed E-state index contributed by atoms with van der Waals surface area (Å²) in [7, 11) is 1.75. The van der Waals surface area contributed by atoms with Gasteiger partial charge in [0.1, 0.15) is 5.75 Å². The number of ether oxygens (including phenoxy) is 1. The fraction of sp³-hybridized carbons (Fsp3) is 0.148. The Bertz CT molecular complexity index is 1280. The fourth-order valence-electron chi connectivity index (χ4n) is 3.61. The van der Waals surface area contributed by atoms with Gasteiger partial charge >= 0.3 is 0 Å². The van der Waals surface area contributed by atoms with Crippen LogP contribution in [0.15, 0.2) is 91.1 Å². The summed E-state index contributed by atoms with van der Waals surface area (Å²) in [4.78, 5) is 14.7. The van der Waals surface area contributed by atoms with Crippen molar-refractivity contribution in [3.63, 3.8) is 0 Å². The number of amides is 1. The van der Waals surface area contributed by atoms with Gasteiger partial charge in [-0.1, -0.05) is 54.6 Å². The Morgan fingerprint density at radius 3 is 2.45 bits per heavy atom. The first-order chi connectivity index (χ1) is 16.0. The number of benzene rings is 3. The van der Waals surface area contributed by atoms with Crippen LogP contribution in [0, 0.1) is 11.3 Å². The Labute approximate surface area is 193 Å². The van der Waals surface area contributed by atoms with Crippen LogP contribution in [0.1, 0.15) is 18.1 Å². The maximum atomic E-state index is 13.0. The number of carbonyl (C=O) groups is 1. The highest BCUT2D eigenvalue weighted by molar-refractivity contribution is 5.81. The molecule has 0 aliphatic heterocycles. The Morgan fingerprint density at radius 2 is 1.76 bits per heavy atom. The number of rotatable bonds is 7. The molecule has 4 rings (SSSR count). The van der Waals surface area contributed by atoms with Crippen LogP contribution in [0.5, 0.6) is 5.75 Å². The second kappa shape index (κ2) is 9.84. The van der Waals surface area contributed by atoms with Crippen LogP contribution in [0.4, 0.5) is 0 Å². The molecule has 0 saturated carbocycles. The summed E-state index contributed by atoms with van der Waals surface area (Å²) >= 11 is 0. The van der Waals surface area contributed by atoms with Gasteiger partial charge < -0.3 is 9.64 Å². The summed E-state index contributed by atoms with van der Waals surface area (Å²) in [6.45, 7) is 2.09. The van der Waals surface area contributed by atoms with E-state index in [2.05, 4.69) is 6.07 Å². The summed E-state index contributed by atoms with van der Waals surface area (Å²) in [5, 5.41) is 13.9. The Hall–Kier alpha value is -4.37. The standard InChI is InChI=1S/C27H24N4O2/c1-20(33-25-15-9-10-21(16-25)17-28)27(32)30(2)18-23-19-31(24-13-7-4-8-14-24)29-26(23)22-11-5-3-6-12-22/h3-16,19-20H,18H2,1-2H3. The molecular weight excluding hydrogens is 412 g/mol. The molecule has 1 aromatic heterocycles. The number of para-hydroxylation sites is 1. The van der Waals surface area contributed by atoms with E-state index in [-0.39, 0.29) is 5.91 Å². The van der Waals surface area contributed by atoms with Crippen molar-refractivity contribution in [2.75, 3.05) is 7.05 Å². The van der Waals surface area contributed by atoms with E-state index in [0.717, 1.165) is 22.5 Å². The predicted octanol–water partition coefficient (Wildman–Crippen LogP) is 4.84. The molecule has 0 spiro atoms. The van der Waals surface area contributed by atoms with E-state index >= 15 is 0 Å². The van der Waals surface area contributed by atoms with Crippen LogP contribution < -0.4 is 4.74 Å². The minimum atomic E-state index is -0.701. The molecule has 0 aliphatic carbocycles. The molecule has 0 N–H and O–H groups in total. The first-order valence-corrected chi connectivity index (χ1v) is 10.7. The van der Waals surface area contributed by atoms with E-state index in [1.807, 2.05) is 71.5 Å². The molecule has 1 atom stereocenters. The predicted molar refractivity (Wildman–Crippen MR) is 127 cm³/mol. The van der Waals surface area contributed by atoms with Crippen LogP contribution in [-0.2, 0) is 11.3 Å². The van der Waals surface area contributed by atoms with Gasteiger partial charge in [0.15, 0.2) is 6.10 Å². The number of carbonyl (C=O) groups excluding carboxylic acids is 1. The van der Waals surface area contributed by atoms with E-state index in [9.17, 15) is 4.79 Å². The second-order valence-corrected chi connectivity index (χ2v) is 7.74. The number of aromatic nitrogens is 2. The van der Waals surface area contributed by atoms with Crippen LogP contribution in [0.25, 0.3) is 16.9 Å². The Balaban J connectivity index is 1.56. The molecule has 0 saturated heterocycles. The first kappa shape index (κ1) is 21.8. The topological polar surface area (TPSA) is 71.2 Å². The highest BCUT2D eigenvalue weighted by Crippen LogP contribution is 2.25. The van der Waals surface area contributed by atoms with Crippen molar-refractivity contribution in [2.24, 2.45) is 0 Å². The smallest absolute Gasteiger partial charge is 0.263 e. The third-order valence-corrected chi connectivity index (χ3v) is 5.27. The number of likely N-dealkylation sites (N-methyl/N-ethyl adjacent to an activating group) is 1. The molecular formula is C27H24N4O2. The normalized spacial score (nSPS) is 11.4. The molecule has 0 aliphatic rings. The number of nitriles is 1. The molecule has 6 nitrogen and oxygen atoms in total. The van der Waals surface area contributed by atoms with E-state index in [1.165, 1.54) is 0 Å². The van der Waals surface area contributed by atoms with Crippen molar-refractivity contribution >= 4 is 5.91 Å². The SMILES string of the molecule is CC(Oc1cccc(C#N)c1)C(=O)N(C)Cc1cn(-c2ccccc2)nc1-c1ccccc1. The van der Waals surface area contributed by atoms with Crippen molar-refractivity contribution in [2.45, 2.75) is 19.6 Å². The summed E-state index contributed by atoms with van der Waals surface area (Å²) in [6, 6.07) is 28.7. The fourth-order valence-corrected chi connectivity index (χ4v) is 3.61. The molecule has 0 bridgehead atoms. The minimum absolute atomic E-state index is 0.163. The first-order valence-electron chi connectivity index (χ1n) is 10.7. The maximum absolute atomic E-state index is 13.0. The molecule has 164 valence electrons. The van der Waals surface area contributed by atoms with E-state index in [1.54, 1.807) is 43.1 Å². The van der Waals surface area contributed by atoms with Gasteiger partial charge in [-0.3, -0.25) is 4.79 Å². The average Bonchev–Trinajstić information content (AvgIpc) is 3.28. The molecule has 33 heavy (non-hydrogen) atoms. The largest absolute Gasteiger partial charge is 0.481 e. The number of hydrogen-bond donors (Lipinski definition) is 0. The molecule has 1 amide bonds. The Kier molecular flexibility index (Phi) is 6.51. The lowest BCUT2D eigenvalue weighted by atomic mass is 10.1. The van der Waals surface area contributed by atoms with Crippen molar-refractivity contribution < 1.29 is 9.53 Å². The molecule has 1 heterocycles. The van der Waals surface area contributed by atoms with Gasteiger partial charge in [-0.2, -0.15) is 10.4 Å². The van der Waals surface area contributed by atoms with Crippen LogP contribution >= 0.6 is 0 Å². The van der Waals surface area contributed by atoms with Crippen molar-refractivity contribution in [1.82, 2.24) is 14.7 Å². The number of nitrogens with zero attached hydrogens (tertiary/aromatic N) is 4. The number of hydrogen-bond acceptors (Lipinski definition) is 4. The van der Waals surface area contributed by atoms with E-state index < -0.39 is 6.10 Å². The minimum Gasteiger partial charge on any atom is -0.481 e. The summed E-state index contributed by atoms with van der Waals surface area (Å²) in [5.74, 6) is 0.328. The van der Waals surface area contributed by atoms with Crippen molar-refractivity contribution in [3.8, 4) is 28.8 Å². The zero-order valence-electron chi connectivity index (χ0n) is 18.6. The van der Waals surface area contributed by atoms with E-state index in [4.69, 9.17) is 15.1 Å². The lowest BCUT2D eigenvalue weighted by Crippen LogP contribution is -2.37. The summed E-state index contributed by atoms with van der Waals surface area (Å²) in [5.41, 5.74) is 4.18. The highest BCUT2D eigenvalue weighted by Gasteiger charge is 2.22. The lowest BCUT2D eigenvalue weighted by molar-refractivity contribution is -0.137. The summed E-state index contributed by atoms with van der Waals surface area (Å²) < 4.78 is 7.64. The van der Waals surface area contributed by atoms with Crippen LogP contribution in [0.3, 0.4) is 0 Å². The average molecular weight is 437 g/mol. The molecule has 0 fully saturated rings. The monoisotopic (exact) mass is 436 g/mol. The van der Waals surface area contributed by atoms with Gasteiger partial charge in [-0.15, -0.1) is 0 Å². The highest BCUT2D eigenvalue weighted by atomic mass is 16.5. The van der Waals surface area contributed by atoms with E-state index in [0.29, 0.717) is 17.9 Å².